The highest BCUT2D eigenvalue weighted by molar-refractivity contribution is 7.13. The number of hydrogen-bond donors (Lipinski definition) is 1. The Morgan fingerprint density at radius 1 is 1.41 bits per heavy atom. The molecule has 0 unspecified atom stereocenters. The van der Waals surface area contributed by atoms with Crippen molar-refractivity contribution in [2.75, 3.05) is 5.32 Å². The molecule has 0 aliphatic carbocycles. The van der Waals surface area contributed by atoms with Crippen LogP contribution in [0.15, 0.2) is 41.9 Å². The zero-order chi connectivity index (χ0) is 12.1. The fourth-order valence-electron chi connectivity index (χ4n) is 1.25. The van der Waals surface area contributed by atoms with Crippen LogP contribution in [0.4, 0.5) is 5.13 Å². The van der Waals surface area contributed by atoms with Crippen molar-refractivity contribution >= 4 is 22.4 Å². The number of rotatable bonds is 4. The summed E-state index contributed by atoms with van der Waals surface area (Å²) in [5, 5.41) is 5.07. The van der Waals surface area contributed by atoms with Crippen molar-refractivity contribution in [3.63, 3.8) is 0 Å². The van der Waals surface area contributed by atoms with Crippen LogP contribution in [0.5, 0.6) is 5.75 Å². The van der Waals surface area contributed by atoms with Crippen LogP contribution in [0.2, 0.25) is 0 Å². The number of ether oxygens (including phenoxy) is 1. The average molecular weight is 248 g/mol. The molecule has 2 rings (SSSR count). The summed E-state index contributed by atoms with van der Waals surface area (Å²) < 4.78 is 5.49. The van der Waals surface area contributed by atoms with Crippen LogP contribution in [0.1, 0.15) is 6.92 Å². The first-order valence-electron chi connectivity index (χ1n) is 5.18. The summed E-state index contributed by atoms with van der Waals surface area (Å²) in [6.07, 6.45) is 1.09. The van der Waals surface area contributed by atoms with Crippen molar-refractivity contribution in [3.8, 4) is 5.75 Å². The molecule has 0 aliphatic rings. The molecule has 88 valence electrons. The van der Waals surface area contributed by atoms with E-state index in [1.165, 1.54) is 11.3 Å². The highest BCUT2D eigenvalue weighted by Crippen LogP contribution is 2.14. The van der Waals surface area contributed by atoms with E-state index in [2.05, 4.69) is 10.3 Å². The summed E-state index contributed by atoms with van der Waals surface area (Å²) in [5.41, 5.74) is 0. The number of para-hydroxylation sites is 1. The van der Waals surface area contributed by atoms with Crippen LogP contribution in [-0.4, -0.2) is 17.0 Å². The number of thiazole rings is 1. The number of nitrogens with one attached hydrogen (secondary N) is 1. The minimum absolute atomic E-state index is 0.205. The SMILES string of the molecule is C[C@@H](Oc1ccccc1)C(=O)Nc1nccs1. The Morgan fingerprint density at radius 3 is 2.82 bits per heavy atom. The monoisotopic (exact) mass is 248 g/mol. The lowest BCUT2D eigenvalue weighted by atomic mass is 10.3. The molecule has 1 heterocycles. The summed E-state index contributed by atoms with van der Waals surface area (Å²) in [6, 6.07) is 9.25. The van der Waals surface area contributed by atoms with Crippen molar-refractivity contribution in [1.29, 1.82) is 0 Å². The summed E-state index contributed by atoms with van der Waals surface area (Å²) in [5.74, 6) is 0.470. The molecular formula is C12H12N2O2S. The van der Waals surface area contributed by atoms with Crippen molar-refractivity contribution in [2.45, 2.75) is 13.0 Å². The van der Waals surface area contributed by atoms with E-state index in [4.69, 9.17) is 4.74 Å². The maximum atomic E-state index is 11.7. The molecule has 0 radical (unpaired) electrons. The maximum Gasteiger partial charge on any atom is 0.266 e. The summed E-state index contributed by atoms with van der Waals surface area (Å²) in [4.78, 5) is 15.7. The Kier molecular flexibility index (Phi) is 3.72. The number of carbonyl (C=O) groups is 1. The van der Waals surface area contributed by atoms with Crippen LogP contribution in [0.3, 0.4) is 0 Å². The van der Waals surface area contributed by atoms with Gasteiger partial charge in [-0.1, -0.05) is 18.2 Å². The third-order valence-corrected chi connectivity index (χ3v) is 2.78. The zero-order valence-electron chi connectivity index (χ0n) is 9.29. The standard InChI is InChI=1S/C12H12N2O2S/c1-9(16-10-5-3-2-4-6-10)11(15)14-12-13-7-8-17-12/h2-9H,1H3,(H,13,14,15)/t9-/m1/s1. The van der Waals surface area contributed by atoms with Gasteiger partial charge in [0, 0.05) is 11.6 Å². The molecule has 1 N–H and O–H groups in total. The molecule has 0 aliphatic heterocycles. The van der Waals surface area contributed by atoms with E-state index >= 15 is 0 Å². The first-order valence-corrected chi connectivity index (χ1v) is 6.06. The Labute approximate surface area is 103 Å². The molecule has 0 fully saturated rings. The number of amides is 1. The van der Waals surface area contributed by atoms with Gasteiger partial charge < -0.3 is 4.74 Å². The van der Waals surface area contributed by atoms with Gasteiger partial charge in [0.15, 0.2) is 11.2 Å². The average Bonchev–Trinajstić information content (AvgIpc) is 2.83. The molecule has 1 atom stereocenters. The van der Waals surface area contributed by atoms with E-state index in [0.29, 0.717) is 10.9 Å². The molecule has 0 saturated carbocycles. The van der Waals surface area contributed by atoms with Gasteiger partial charge in [0.2, 0.25) is 0 Å². The first-order chi connectivity index (χ1) is 8.25. The fourth-order valence-corrected chi connectivity index (χ4v) is 1.78. The molecule has 0 saturated heterocycles. The Morgan fingerprint density at radius 2 is 2.18 bits per heavy atom. The van der Waals surface area contributed by atoms with Crippen LogP contribution in [-0.2, 0) is 4.79 Å². The molecule has 4 nitrogen and oxygen atoms in total. The van der Waals surface area contributed by atoms with Crippen molar-refractivity contribution < 1.29 is 9.53 Å². The maximum absolute atomic E-state index is 11.7. The van der Waals surface area contributed by atoms with E-state index in [1.807, 2.05) is 30.3 Å². The Bertz CT molecular complexity index is 471. The summed E-state index contributed by atoms with van der Waals surface area (Å²) in [6.45, 7) is 1.70. The Hall–Kier alpha value is -1.88. The van der Waals surface area contributed by atoms with Gasteiger partial charge in [0.1, 0.15) is 5.75 Å². The molecule has 1 aromatic carbocycles. The molecular weight excluding hydrogens is 236 g/mol. The van der Waals surface area contributed by atoms with Gasteiger partial charge in [0.25, 0.3) is 5.91 Å². The lowest BCUT2D eigenvalue weighted by Gasteiger charge is -2.13. The highest BCUT2D eigenvalue weighted by atomic mass is 32.1. The van der Waals surface area contributed by atoms with E-state index in [0.717, 1.165) is 0 Å². The quantitative estimate of drug-likeness (QED) is 0.904. The van der Waals surface area contributed by atoms with Gasteiger partial charge >= 0.3 is 0 Å². The van der Waals surface area contributed by atoms with E-state index in [9.17, 15) is 4.79 Å². The molecule has 5 heteroatoms. The number of nitrogens with zero attached hydrogens (tertiary/aromatic N) is 1. The van der Waals surface area contributed by atoms with Gasteiger partial charge in [-0.05, 0) is 19.1 Å². The topological polar surface area (TPSA) is 51.2 Å². The van der Waals surface area contributed by atoms with Crippen LogP contribution >= 0.6 is 11.3 Å². The van der Waals surface area contributed by atoms with Gasteiger partial charge in [-0.2, -0.15) is 0 Å². The number of aromatic nitrogens is 1. The zero-order valence-corrected chi connectivity index (χ0v) is 10.1. The lowest BCUT2D eigenvalue weighted by molar-refractivity contribution is -0.122. The first kappa shape index (κ1) is 11.6. The fraction of sp³-hybridized carbons (Fsp3) is 0.167. The molecule has 0 spiro atoms. The molecule has 2 aromatic rings. The highest BCUT2D eigenvalue weighted by Gasteiger charge is 2.15. The lowest BCUT2D eigenvalue weighted by Crippen LogP contribution is -2.30. The van der Waals surface area contributed by atoms with Crippen LogP contribution < -0.4 is 10.1 Å². The van der Waals surface area contributed by atoms with E-state index in [1.54, 1.807) is 18.5 Å². The molecule has 1 amide bonds. The smallest absolute Gasteiger partial charge is 0.266 e. The second-order valence-electron chi connectivity index (χ2n) is 3.40. The number of hydrogen-bond acceptors (Lipinski definition) is 4. The summed E-state index contributed by atoms with van der Waals surface area (Å²) >= 11 is 1.38. The van der Waals surface area contributed by atoms with Crippen molar-refractivity contribution in [1.82, 2.24) is 4.98 Å². The van der Waals surface area contributed by atoms with Gasteiger partial charge in [-0.25, -0.2) is 4.98 Å². The number of carbonyl (C=O) groups excluding carboxylic acids is 1. The molecule has 17 heavy (non-hydrogen) atoms. The third-order valence-electron chi connectivity index (χ3n) is 2.09. The third kappa shape index (κ3) is 3.29. The largest absolute Gasteiger partial charge is 0.481 e. The van der Waals surface area contributed by atoms with Crippen molar-refractivity contribution in [3.05, 3.63) is 41.9 Å². The minimum Gasteiger partial charge on any atom is -0.481 e. The number of benzene rings is 1. The molecule has 0 bridgehead atoms. The predicted octanol–water partition coefficient (Wildman–Crippen LogP) is 2.55. The van der Waals surface area contributed by atoms with Gasteiger partial charge in [-0.15, -0.1) is 11.3 Å². The van der Waals surface area contributed by atoms with Crippen molar-refractivity contribution in [2.24, 2.45) is 0 Å². The van der Waals surface area contributed by atoms with Gasteiger partial charge in [-0.3, -0.25) is 10.1 Å². The minimum atomic E-state index is -0.554. The van der Waals surface area contributed by atoms with E-state index in [-0.39, 0.29) is 5.91 Å². The van der Waals surface area contributed by atoms with Gasteiger partial charge in [0.05, 0.1) is 0 Å². The van der Waals surface area contributed by atoms with Crippen LogP contribution in [0, 0.1) is 0 Å². The molecule has 1 aromatic heterocycles. The predicted molar refractivity (Wildman–Crippen MR) is 67.3 cm³/mol. The number of anilines is 1. The normalized spacial score (nSPS) is 11.8. The van der Waals surface area contributed by atoms with E-state index < -0.39 is 6.10 Å². The summed E-state index contributed by atoms with van der Waals surface area (Å²) in [7, 11) is 0. The Balaban J connectivity index is 1.92. The van der Waals surface area contributed by atoms with Crippen LogP contribution in [0.25, 0.3) is 0 Å². The second-order valence-corrected chi connectivity index (χ2v) is 4.29. The second kappa shape index (κ2) is 5.45.